The molecule has 0 saturated heterocycles. The molecule has 0 saturated carbocycles. The van der Waals surface area contributed by atoms with E-state index in [-0.39, 0.29) is 16.9 Å². The standard InChI is InChI=1S/C7HCl2F3N2O4.C6H4ClF3N2/c8-4-2(7(10,11)12)1-3(13(15)16)5(9)6(4)14(17)18;7-4-1-3(6(8,9)10)2-12-5(4)11/h1H;1-2H,(H2,11,12). The van der Waals surface area contributed by atoms with Crippen molar-refractivity contribution < 1.29 is 36.2 Å². The van der Waals surface area contributed by atoms with Crippen molar-refractivity contribution in [2.24, 2.45) is 0 Å². The number of halogens is 9. The Morgan fingerprint density at radius 1 is 0.900 bits per heavy atom. The van der Waals surface area contributed by atoms with Crippen molar-refractivity contribution in [1.82, 2.24) is 4.98 Å². The number of nitro benzene ring substituents is 2. The van der Waals surface area contributed by atoms with E-state index in [1.54, 1.807) is 0 Å². The molecule has 1 aromatic carbocycles. The minimum atomic E-state index is -5.07. The SMILES string of the molecule is Nc1ncc(C(F)(F)F)cc1Cl.O=[N+]([O-])c1cc(C(F)(F)F)c(Cl)c([N+](=O)[O-])c1Cl. The molecule has 30 heavy (non-hydrogen) atoms. The van der Waals surface area contributed by atoms with Crippen molar-refractivity contribution in [2.45, 2.75) is 12.4 Å². The van der Waals surface area contributed by atoms with Gasteiger partial charge in [0.1, 0.15) is 10.8 Å². The van der Waals surface area contributed by atoms with Gasteiger partial charge in [0.25, 0.3) is 5.69 Å². The Labute approximate surface area is 176 Å². The normalized spacial score (nSPS) is 11.5. The molecular weight excluding hydrogens is 497 g/mol. The maximum atomic E-state index is 12.5. The average molecular weight is 502 g/mol. The van der Waals surface area contributed by atoms with Crippen LogP contribution < -0.4 is 5.73 Å². The number of benzene rings is 1. The Morgan fingerprint density at radius 2 is 1.43 bits per heavy atom. The lowest BCUT2D eigenvalue weighted by atomic mass is 10.1. The van der Waals surface area contributed by atoms with Crippen LogP contribution in [0.15, 0.2) is 18.3 Å². The molecule has 17 heteroatoms. The molecule has 0 aliphatic carbocycles. The van der Waals surface area contributed by atoms with Crippen molar-refractivity contribution >= 4 is 52.0 Å². The zero-order chi connectivity index (χ0) is 23.6. The lowest BCUT2D eigenvalue weighted by Crippen LogP contribution is -2.09. The van der Waals surface area contributed by atoms with Crippen molar-refractivity contribution in [1.29, 1.82) is 0 Å². The van der Waals surface area contributed by atoms with Gasteiger partial charge < -0.3 is 5.73 Å². The Morgan fingerprint density at radius 3 is 1.80 bits per heavy atom. The first kappa shape index (κ1) is 25.5. The monoisotopic (exact) mass is 500 g/mol. The summed E-state index contributed by atoms with van der Waals surface area (Å²) in [5.41, 5.74) is -0.0510. The van der Waals surface area contributed by atoms with Crippen LogP contribution in [0.5, 0.6) is 0 Å². The summed E-state index contributed by atoms with van der Waals surface area (Å²) in [4.78, 5) is 21.7. The molecule has 1 aromatic heterocycles. The highest BCUT2D eigenvalue weighted by molar-refractivity contribution is 6.40. The minimum Gasteiger partial charge on any atom is -0.382 e. The van der Waals surface area contributed by atoms with Crippen LogP contribution >= 0.6 is 34.8 Å². The largest absolute Gasteiger partial charge is 0.418 e. The number of hydrogen-bond acceptors (Lipinski definition) is 6. The first-order chi connectivity index (χ1) is 13.5. The lowest BCUT2D eigenvalue weighted by Gasteiger charge is -2.09. The molecule has 2 rings (SSSR count). The van der Waals surface area contributed by atoms with Crippen molar-refractivity contribution in [3.05, 3.63) is 64.8 Å². The summed E-state index contributed by atoms with van der Waals surface area (Å²) in [6.45, 7) is 0. The van der Waals surface area contributed by atoms with Crippen LogP contribution in [0.2, 0.25) is 15.1 Å². The Hall–Kier alpha value is -2.58. The van der Waals surface area contributed by atoms with Crippen molar-refractivity contribution in [3.8, 4) is 0 Å². The molecule has 1 heterocycles. The number of anilines is 1. The third kappa shape index (κ3) is 5.96. The van der Waals surface area contributed by atoms with E-state index in [9.17, 15) is 46.6 Å². The molecular formula is C13H5Cl3F6N4O4. The molecule has 0 unspecified atom stereocenters. The van der Waals surface area contributed by atoms with Crippen LogP contribution in [-0.4, -0.2) is 14.8 Å². The maximum absolute atomic E-state index is 12.5. The number of nitrogens with two attached hydrogens (primary N) is 1. The molecule has 8 nitrogen and oxygen atoms in total. The predicted molar refractivity (Wildman–Crippen MR) is 93.4 cm³/mol. The van der Waals surface area contributed by atoms with E-state index in [1.807, 2.05) is 0 Å². The summed E-state index contributed by atoms with van der Waals surface area (Å²) in [6.07, 6.45) is -8.86. The summed E-state index contributed by atoms with van der Waals surface area (Å²) >= 11 is 15.8. The molecule has 0 fully saturated rings. The van der Waals surface area contributed by atoms with E-state index in [2.05, 4.69) is 4.98 Å². The summed E-state index contributed by atoms with van der Waals surface area (Å²) in [7, 11) is 0. The zero-order valence-corrected chi connectivity index (χ0v) is 16.0. The van der Waals surface area contributed by atoms with Gasteiger partial charge in [0.15, 0.2) is 5.02 Å². The van der Waals surface area contributed by atoms with Gasteiger partial charge >= 0.3 is 18.0 Å². The molecule has 2 N–H and O–H groups in total. The van der Waals surface area contributed by atoms with E-state index in [0.29, 0.717) is 6.20 Å². The quantitative estimate of drug-likeness (QED) is 0.298. The van der Waals surface area contributed by atoms with Gasteiger partial charge in [-0.3, -0.25) is 20.2 Å². The summed E-state index contributed by atoms with van der Waals surface area (Å²) in [6, 6.07) is 0.793. The van der Waals surface area contributed by atoms with E-state index >= 15 is 0 Å². The summed E-state index contributed by atoms with van der Waals surface area (Å²) in [5.74, 6) is -0.107. The predicted octanol–water partition coefficient (Wildman–Crippen LogP) is 6.16. The third-order valence-corrected chi connectivity index (χ3v) is 4.10. The smallest absolute Gasteiger partial charge is 0.382 e. The second-order valence-corrected chi connectivity index (χ2v) is 6.18. The van der Waals surface area contributed by atoms with Crippen LogP contribution in [-0.2, 0) is 12.4 Å². The molecule has 0 amide bonds. The van der Waals surface area contributed by atoms with Crippen molar-refractivity contribution in [2.75, 3.05) is 5.73 Å². The van der Waals surface area contributed by atoms with Crippen LogP contribution in [0, 0.1) is 20.2 Å². The minimum absolute atomic E-state index is 0.0532. The zero-order valence-electron chi connectivity index (χ0n) is 13.7. The lowest BCUT2D eigenvalue weighted by molar-refractivity contribution is -0.394. The van der Waals surface area contributed by atoms with Crippen LogP contribution in [0.4, 0.5) is 43.5 Å². The van der Waals surface area contributed by atoms with Gasteiger partial charge in [-0.05, 0) is 6.07 Å². The second kappa shape index (κ2) is 9.06. The topological polar surface area (TPSA) is 125 Å². The van der Waals surface area contributed by atoms with E-state index in [4.69, 9.17) is 40.5 Å². The number of hydrogen-bond donors (Lipinski definition) is 1. The second-order valence-electron chi connectivity index (χ2n) is 5.02. The highest BCUT2D eigenvalue weighted by Gasteiger charge is 2.41. The summed E-state index contributed by atoms with van der Waals surface area (Å²) in [5, 5.41) is 18.5. The molecule has 0 bridgehead atoms. The summed E-state index contributed by atoms with van der Waals surface area (Å²) < 4.78 is 73.4. The van der Waals surface area contributed by atoms with Crippen LogP contribution in [0.3, 0.4) is 0 Å². The number of nitrogens with zero attached hydrogens (tertiary/aromatic N) is 3. The highest BCUT2D eigenvalue weighted by atomic mass is 35.5. The van der Waals surface area contributed by atoms with Gasteiger partial charge in [-0.1, -0.05) is 34.8 Å². The fourth-order valence-corrected chi connectivity index (χ4v) is 2.54. The van der Waals surface area contributed by atoms with E-state index in [1.165, 1.54) is 0 Å². The number of pyridine rings is 1. The molecule has 0 spiro atoms. The Balaban J connectivity index is 0.000000325. The first-order valence-electron chi connectivity index (χ1n) is 6.84. The fraction of sp³-hybridized carbons (Fsp3) is 0.154. The van der Waals surface area contributed by atoms with E-state index in [0.717, 1.165) is 6.07 Å². The van der Waals surface area contributed by atoms with Gasteiger partial charge in [0.05, 0.1) is 26.0 Å². The third-order valence-electron chi connectivity index (χ3n) is 3.04. The fourth-order valence-electron chi connectivity index (χ4n) is 1.71. The Kier molecular flexibility index (Phi) is 7.68. The first-order valence-corrected chi connectivity index (χ1v) is 7.98. The number of alkyl halides is 6. The molecule has 164 valence electrons. The van der Waals surface area contributed by atoms with Crippen LogP contribution in [0.25, 0.3) is 0 Å². The molecule has 0 aliphatic rings. The molecule has 0 atom stereocenters. The van der Waals surface area contributed by atoms with Gasteiger partial charge in [-0.25, -0.2) is 4.98 Å². The van der Waals surface area contributed by atoms with Crippen LogP contribution in [0.1, 0.15) is 11.1 Å². The number of rotatable bonds is 2. The number of nitro groups is 2. The van der Waals surface area contributed by atoms with Gasteiger partial charge in [0, 0.05) is 12.3 Å². The Bertz CT molecular complexity index is 1000. The highest BCUT2D eigenvalue weighted by Crippen LogP contribution is 2.46. The van der Waals surface area contributed by atoms with Gasteiger partial charge in [-0.15, -0.1) is 0 Å². The number of nitrogen functional groups attached to an aromatic ring is 1. The molecule has 0 radical (unpaired) electrons. The maximum Gasteiger partial charge on any atom is 0.418 e. The van der Waals surface area contributed by atoms with E-state index < -0.39 is 54.7 Å². The van der Waals surface area contributed by atoms with Gasteiger partial charge in [0.2, 0.25) is 0 Å². The number of aromatic nitrogens is 1. The van der Waals surface area contributed by atoms with Crippen molar-refractivity contribution in [3.63, 3.8) is 0 Å². The van der Waals surface area contributed by atoms with Gasteiger partial charge in [-0.2, -0.15) is 26.3 Å². The molecule has 0 aliphatic heterocycles. The molecule has 2 aromatic rings. The average Bonchev–Trinajstić information content (AvgIpc) is 2.55.